The minimum Gasteiger partial charge on any atom is -0.435 e. The molecule has 0 aliphatic heterocycles. The van der Waals surface area contributed by atoms with Gasteiger partial charge in [-0.2, -0.15) is 0 Å². The number of halogens is 1. The molecule has 4 aliphatic carbocycles. The molecular formula is C28H42ClNO3. The van der Waals surface area contributed by atoms with E-state index in [1.165, 1.54) is 12.0 Å². The number of allylic oxidation sites excluding steroid dienone is 4. The summed E-state index contributed by atoms with van der Waals surface area (Å²) in [5, 5.41) is 8.15. The van der Waals surface area contributed by atoms with Crippen LogP contribution in [-0.2, 0) is 9.47 Å². The monoisotopic (exact) mass is 475 g/mol. The third kappa shape index (κ3) is 4.45. The fraction of sp³-hybridized carbons (Fsp3) is 0.714. The Morgan fingerprint density at radius 2 is 2.00 bits per heavy atom. The van der Waals surface area contributed by atoms with E-state index in [-0.39, 0.29) is 28.7 Å². The van der Waals surface area contributed by atoms with E-state index in [0.717, 1.165) is 24.8 Å². The summed E-state index contributed by atoms with van der Waals surface area (Å²) < 4.78 is 10.2. The SMILES string of the molecule is C=C(COC(=O)OCC)C1[C@@H](C)CC2C3CCC4=CC(=N)C=C[C@]4(C)C3C(Cl)CC21C.CC. The lowest BCUT2D eigenvalue weighted by Crippen LogP contribution is -2.54. The molecule has 0 aromatic heterocycles. The second kappa shape index (κ2) is 9.98. The molecule has 0 aromatic rings. The van der Waals surface area contributed by atoms with Crippen molar-refractivity contribution in [2.24, 2.45) is 40.4 Å². The van der Waals surface area contributed by atoms with E-state index in [0.29, 0.717) is 36.0 Å². The minimum absolute atomic E-state index is 0.0490. The van der Waals surface area contributed by atoms with Crippen molar-refractivity contribution in [2.45, 2.75) is 72.6 Å². The number of fused-ring (bicyclic) bond motifs is 5. The van der Waals surface area contributed by atoms with Crippen molar-refractivity contribution < 1.29 is 14.3 Å². The number of hydrogen-bond acceptors (Lipinski definition) is 4. The molecule has 8 atom stereocenters. The van der Waals surface area contributed by atoms with E-state index >= 15 is 0 Å². The highest BCUT2D eigenvalue weighted by molar-refractivity contribution is 6.21. The molecule has 4 aliphatic rings. The standard InChI is InChI=1S/C26H36ClNO3.C2H6/c1-6-30-24(29)31-14-16(3)22-15(2)11-20-19-8-7-17-12-18(28)9-10-25(17,4)23(19)21(27)13-26(20,22)5;1-2/h9-10,12,15,19-23,28H,3,6-8,11,13-14H2,1-2,4-5H3;1-2H3/t15-,19?,20?,21?,22?,23?,25-,26?;/m0./s1. The third-order valence-corrected chi connectivity index (χ3v) is 9.33. The molecule has 0 spiro atoms. The average Bonchev–Trinajstić information content (AvgIpc) is 3.03. The van der Waals surface area contributed by atoms with E-state index in [4.69, 9.17) is 26.5 Å². The molecule has 0 aromatic carbocycles. The van der Waals surface area contributed by atoms with Crippen LogP contribution in [0.1, 0.15) is 67.2 Å². The van der Waals surface area contributed by atoms with Crippen molar-refractivity contribution in [1.29, 1.82) is 5.41 Å². The number of carbonyl (C=O) groups excluding carboxylic acids is 1. The fourth-order valence-electron chi connectivity index (χ4n) is 7.92. The van der Waals surface area contributed by atoms with Gasteiger partial charge in [0.25, 0.3) is 0 Å². The van der Waals surface area contributed by atoms with E-state index in [1.807, 2.05) is 19.9 Å². The second-order valence-corrected chi connectivity index (χ2v) is 11.2. The fourth-order valence-corrected chi connectivity index (χ4v) is 8.70. The number of carbonyl (C=O) groups is 1. The van der Waals surface area contributed by atoms with Crippen LogP contribution in [0.3, 0.4) is 0 Å². The molecule has 1 N–H and O–H groups in total. The van der Waals surface area contributed by atoms with E-state index < -0.39 is 6.16 Å². The zero-order valence-electron chi connectivity index (χ0n) is 21.2. The topological polar surface area (TPSA) is 59.4 Å². The van der Waals surface area contributed by atoms with Crippen LogP contribution in [-0.4, -0.2) is 30.5 Å². The smallest absolute Gasteiger partial charge is 0.435 e. The Morgan fingerprint density at radius 3 is 2.67 bits per heavy atom. The van der Waals surface area contributed by atoms with Crippen LogP contribution in [0.5, 0.6) is 0 Å². The molecule has 184 valence electrons. The van der Waals surface area contributed by atoms with Crippen LogP contribution < -0.4 is 0 Å². The molecule has 0 amide bonds. The van der Waals surface area contributed by atoms with Crippen LogP contribution in [0.15, 0.2) is 36.0 Å². The van der Waals surface area contributed by atoms with Crippen LogP contribution in [0.4, 0.5) is 4.79 Å². The Hall–Kier alpha value is -1.55. The first-order chi connectivity index (χ1) is 15.6. The second-order valence-electron chi connectivity index (χ2n) is 10.6. The van der Waals surface area contributed by atoms with E-state index in [1.54, 1.807) is 6.92 Å². The number of ether oxygens (including phenoxy) is 2. The summed E-state index contributed by atoms with van der Waals surface area (Å²) in [6.07, 6.45) is 9.96. The van der Waals surface area contributed by atoms with Crippen LogP contribution >= 0.6 is 11.6 Å². The van der Waals surface area contributed by atoms with Crippen LogP contribution in [0.2, 0.25) is 0 Å². The van der Waals surface area contributed by atoms with E-state index in [9.17, 15) is 4.79 Å². The molecule has 0 radical (unpaired) electrons. The van der Waals surface area contributed by atoms with Gasteiger partial charge in [0.1, 0.15) is 6.61 Å². The quantitative estimate of drug-likeness (QED) is 0.259. The minimum atomic E-state index is -0.621. The molecule has 6 unspecified atom stereocenters. The molecular weight excluding hydrogens is 434 g/mol. The average molecular weight is 476 g/mol. The lowest BCUT2D eigenvalue weighted by molar-refractivity contribution is -0.0264. The van der Waals surface area contributed by atoms with Gasteiger partial charge in [0.15, 0.2) is 0 Å². The van der Waals surface area contributed by atoms with Gasteiger partial charge in [0.2, 0.25) is 0 Å². The van der Waals surface area contributed by atoms with E-state index in [2.05, 4.69) is 39.5 Å². The zero-order valence-corrected chi connectivity index (χ0v) is 22.0. The predicted octanol–water partition coefficient (Wildman–Crippen LogP) is 7.58. The highest BCUT2D eigenvalue weighted by atomic mass is 35.5. The van der Waals surface area contributed by atoms with Gasteiger partial charge in [-0.1, -0.05) is 52.8 Å². The Balaban J connectivity index is 0.00000149. The van der Waals surface area contributed by atoms with Crippen LogP contribution in [0.25, 0.3) is 0 Å². The Bertz CT molecular complexity index is 848. The van der Waals surface area contributed by atoms with Crippen molar-refractivity contribution >= 4 is 23.5 Å². The summed E-state index contributed by atoms with van der Waals surface area (Å²) in [4.78, 5) is 11.7. The lowest BCUT2D eigenvalue weighted by Gasteiger charge is -2.59. The highest BCUT2D eigenvalue weighted by Crippen LogP contribution is 2.68. The zero-order chi connectivity index (χ0) is 24.6. The molecule has 0 saturated heterocycles. The largest absolute Gasteiger partial charge is 0.508 e. The summed E-state index contributed by atoms with van der Waals surface area (Å²) >= 11 is 7.23. The normalized spacial score (nSPS) is 40.9. The summed E-state index contributed by atoms with van der Waals surface area (Å²) in [6.45, 7) is 17.7. The van der Waals surface area contributed by atoms with Gasteiger partial charge < -0.3 is 14.9 Å². The lowest BCUT2D eigenvalue weighted by atomic mass is 9.47. The van der Waals surface area contributed by atoms with Gasteiger partial charge in [0, 0.05) is 10.8 Å². The molecule has 3 fully saturated rings. The maximum absolute atomic E-state index is 11.7. The molecule has 0 bridgehead atoms. The summed E-state index contributed by atoms with van der Waals surface area (Å²) in [6, 6.07) is 0. The Labute approximate surface area is 205 Å². The Morgan fingerprint density at radius 1 is 1.30 bits per heavy atom. The summed E-state index contributed by atoms with van der Waals surface area (Å²) in [5.74, 6) is 2.31. The third-order valence-electron chi connectivity index (χ3n) is 8.90. The summed E-state index contributed by atoms with van der Waals surface area (Å²) in [5.41, 5.74) is 2.98. The van der Waals surface area contributed by atoms with Crippen molar-refractivity contribution in [3.05, 3.63) is 36.0 Å². The molecule has 33 heavy (non-hydrogen) atoms. The van der Waals surface area contributed by atoms with Crippen LogP contribution in [0, 0.1) is 45.8 Å². The maximum Gasteiger partial charge on any atom is 0.508 e. The van der Waals surface area contributed by atoms with Gasteiger partial charge in [-0.15, -0.1) is 11.6 Å². The van der Waals surface area contributed by atoms with Crippen molar-refractivity contribution in [1.82, 2.24) is 0 Å². The van der Waals surface area contributed by atoms with Gasteiger partial charge in [-0.25, -0.2) is 4.79 Å². The number of hydrogen-bond donors (Lipinski definition) is 1. The van der Waals surface area contributed by atoms with Crippen molar-refractivity contribution in [3.63, 3.8) is 0 Å². The molecule has 4 nitrogen and oxygen atoms in total. The Kier molecular flexibility index (Phi) is 7.88. The molecule has 3 saturated carbocycles. The summed E-state index contributed by atoms with van der Waals surface area (Å²) in [7, 11) is 0. The maximum atomic E-state index is 11.7. The van der Waals surface area contributed by atoms with Crippen molar-refractivity contribution in [2.75, 3.05) is 13.2 Å². The number of rotatable bonds is 4. The molecule has 5 heteroatoms. The van der Waals surface area contributed by atoms with Gasteiger partial charge >= 0.3 is 6.16 Å². The van der Waals surface area contributed by atoms with Gasteiger partial charge in [-0.05, 0) is 85.3 Å². The first-order valence-electron chi connectivity index (χ1n) is 12.7. The number of alkyl halides is 1. The van der Waals surface area contributed by atoms with Gasteiger partial charge in [0.05, 0.1) is 12.3 Å². The number of nitrogens with one attached hydrogen (secondary N) is 1. The molecule has 4 rings (SSSR count). The molecule has 0 heterocycles. The predicted molar refractivity (Wildman–Crippen MR) is 136 cm³/mol. The van der Waals surface area contributed by atoms with Gasteiger partial charge in [-0.3, -0.25) is 0 Å². The van der Waals surface area contributed by atoms with Crippen molar-refractivity contribution in [3.8, 4) is 0 Å². The highest BCUT2D eigenvalue weighted by Gasteiger charge is 2.63. The first-order valence-corrected chi connectivity index (χ1v) is 13.2. The first kappa shape index (κ1) is 26.1.